The van der Waals surface area contributed by atoms with Crippen molar-refractivity contribution in [3.05, 3.63) is 106 Å². The molecule has 156 valence electrons. The van der Waals surface area contributed by atoms with Crippen molar-refractivity contribution in [2.75, 3.05) is 18.0 Å². The first-order valence-corrected chi connectivity index (χ1v) is 10.6. The Morgan fingerprint density at radius 3 is 2.03 bits per heavy atom. The number of benzene rings is 2. The molecule has 2 aromatic rings. The lowest BCUT2D eigenvalue weighted by molar-refractivity contribution is 0.0988. The fourth-order valence-corrected chi connectivity index (χ4v) is 3.96. The van der Waals surface area contributed by atoms with Crippen molar-refractivity contribution in [3.63, 3.8) is 0 Å². The first kappa shape index (κ1) is 20.6. The molecule has 1 aliphatic heterocycles. The quantitative estimate of drug-likeness (QED) is 0.465. The van der Waals surface area contributed by atoms with E-state index in [4.69, 9.17) is 4.74 Å². The highest BCUT2D eigenvalue weighted by atomic mass is 16.5. The van der Waals surface area contributed by atoms with Crippen molar-refractivity contribution < 1.29 is 14.3 Å². The van der Waals surface area contributed by atoms with E-state index in [1.807, 2.05) is 19.1 Å². The summed E-state index contributed by atoms with van der Waals surface area (Å²) in [7, 11) is 0. The van der Waals surface area contributed by atoms with Crippen LogP contribution in [0.4, 0.5) is 5.69 Å². The van der Waals surface area contributed by atoms with Gasteiger partial charge in [0.15, 0.2) is 11.6 Å². The fraction of sp³-hybridized carbons (Fsp3) is 0.185. The second-order valence-corrected chi connectivity index (χ2v) is 7.54. The molecule has 0 amide bonds. The van der Waals surface area contributed by atoms with Crippen LogP contribution in [0, 0.1) is 0 Å². The lowest BCUT2D eigenvalue weighted by Gasteiger charge is -2.20. The summed E-state index contributed by atoms with van der Waals surface area (Å²) in [5, 5.41) is 0. The van der Waals surface area contributed by atoms with Gasteiger partial charge < -0.3 is 9.64 Å². The molecule has 0 fully saturated rings. The van der Waals surface area contributed by atoms with Crippen molar-refractivity contribution in [2.45, 2.75) is 20.8 Å². The number of anilines is 1. The summed E-state index contributed by atoms with van der Waals surface area (Å²) in [4.78, 5) is 28.0. The second kappa shape index (κ2) is 8.60. The van der Waals surface area contributed by atoms with Crippen molar-refractivity contribution in [1.82, 2.24) is 0 Å². The molecule has 0 spiro atoms. The number of hydrogen-bond donors (Lipinski definition) is 0. The van der Waals surface area contributed by atoms with Gasteiger partial charge in [-0.15, -0.1) is 0 Å². The number of nitrogens with zero attached hydrogens (tertiary/aromatic N) is 1. The van der Waals surface area contributed by atoms with E-state index in [1.165, 1.54) is 5.69 Å². The van der Waals surface area contributed by atoms with Crippen LogP contribution < -0.4 is 4.90 Å². The van der Waals surface area contributed by atoms with Gasteiger partial charge in [-0.25, -0.2) is 0 Å². The molecule has 0 radical (unpaired) electrons. The van der Waals surface area contributed by atoms with Gasteiger partial charge in [-0.3, -0.25) is 9.59 Å². The van der Waals surface area contributed by atoms with Crippen LogP contribution in [-0.4, -0.2) is 24.7 Å². The zero-order valence-electron chi connectivity index (χ0n) is 18.0. The van der Waals surface area contributed by atoms with Gasteiger partial charge in [0.25, 0.3) is 0 Å². The van der Waals surface area contributed by atoms with Crippen LogP contribution in [-0.2, 0) is 4.74 Å². The summed E-state index contributed by atoms with van der Waals surface area (Å²) in [5.74, 6) is 0.770. The number of rotatable bonds is 5. The zero-order valence-corrected chi connectivity index (χ0v) is 18.0. The van der Waals surface area contributed by atoms with Crippen LogP contribution in [0.3, 0.4) is 0 Å². The van der Waals surface area contributed by atoms with Crippen LogP contribution in [0.25, 0.3) is 6.08 Å². The van der Waals surface area contributed by atoms with Crippen LogP contribution in [0.1, 0.15) is 47.1 Å². The Morgan fingerprint density at radius 2 is 1.45 bits per heavy atom. The molecule has 0 saturated heterocycles. The topological polar surface area (TPSA) is 46.6 Å². The predicted molar refractivity (Wildman–Crippen MR) is 124 cm³/mol. The standard InChI is InChI=1S/C27H25NO3/c1-4-28(5-2)21-13-10-19(11-14-21)12-15-22-17-20(16-18(3)31-22)25-26(29)23-8-6-7-9-24(23)27(25)30/h6-17H,4-5H2,1-3H3/b15-12+. The van der Waals surface area contributed by atoms with Crippen molar-refractivity contribution in [2.24, 2.45) is 0 Å². The van der Waals surface area contributed by atoms with E-state index in [2.05, 4.69) is 43.0 Å². The van der Waals surface area contributed by atoms with Gasteiger partial charge in [0, 0.05) is 29.9 Å². The van der Waals surface area contributed by atoms with E-state index in [-0.39, 0.29) is 17.1 Å². The third kappa shape index (κ3) is 4.02. The molecule has 0 unspecified atom stereocenters. The molecule has 1 heterocycles. The normalized spacial score (nSPS) is 15.7. The molecule has 2 aliphatic rings. The van der Waals surface area contributed by atoms with Crippen LogP contribution >= 0.6 is 0 Å². The van der Waals surface area contributed by atoms with Gasteiger partial charge in [0.1, 0.15) is 11.5 Å². The molecule has 2 aromatic carbocycles. The molecule has 0 aromatic heterocycles. The number of Topliss-reactive ketones (excluding diaryl/α,β-unsaturated/α-hetero) is 2. The number of allylic oxidation sites excluding steroid dienone is 6. The number of carbonyl (C=O) groups is 2. The molecular formula is C27H25NO3. The predicted octanol–water partition coefficient (Wildman–Crippen LogP) is 5.74. The van der Waals surface area contributed by atoms with Crippen molar-refractivity contribution in [1.29, 1.82) is 0 Å². The molecule has 4 heteroatoms. The van der Waals surface area contributed by atoms with Crippen LogP contribution in [0.2, 0.25) is 0 Å². The van der Waals surface area contributed by atoms with E-state index in [9.17, 15) is 9.59 Å². The molecule has 0 bridgehead atoms. The average molecular weight is 412 g/mol. The summed E-state index contributed by atoms with van der Waals surface area (Å²) in [6, 6.07) is 15.3. The van der Waals surface area contributed by atoms with Gasteiger partial charge in [-0.2, -0.15) is 0 Å². The summed E-state index contributed by atoms with van der Waals surface area (Å²) in [6.45, 7) is 8.04. The fourth-order valence-electron chi connectivity index (χ4n) is 3.96. The lowest BCUT2D eigenvalue weighted by Crippen LogP contribution is -2.21. The number of ether oxygens (including phenoxy) is 1. The highest BCUT2D eigenvalue weighted by Gasteiger charge is 2.34. The van der Waals surface area contributed by atoms with Crippen LogP contribution in [0.15, 0.2) is 89.4 Å². The number of ketones is 2. The minimum Gasteiger partial charge on any atom is -0.462 e. The van der Waals surface area contributed by atoms with E-state index in [1.54, 1.807) is 36.4 Å². The summed E-state index contributed by atoms with van der Waals surface area (Å²) >= 11 is 0. The van der Waals surface area contributed by atoms with E-state index < -0.39 is 0 Å². The Hall–Kier alpha value is -3.66. The number of fused-ring (bicyclic) bond motifs is 1. The van der Waals surface area contributed by atoms with Gasteiger partial charge in [0.2, 0.25) is 0 Å². The lowest BCUT2D eigenvalue weighted by atomic mass is 10.0. The SMILES string of the molecule is CCN(CC)c1ccc(/C=C/C2=CC(=C3C(=O)c4ccccc4C3=O)C=C(C)O2)cc1. The van der Waals surface area contributed by atoms with E-state index in [0.717, 1.165) is 18.7 Å². The monoisotopic (exact) mass is 411 g/mol. The van der Waals surface area contributed by atoms with Gasteiger partial charge in [-0.1, -0.05) is 42.5 Å². The molecule has 0 atom stereocenters. The molecule has 31 heavy (non-hydrogen) atoms. The minimum absolute atomic E-state index is 0.207. The Morgan fingerprint density at radius 1 is 0.839 bits per heavy atom. The van der Waals surface area contributed by atoms with Crippen molar-refractivity contribution >= 4 is 23.3 Å². The van der Waals surface area contributed by atoms with Crippen molar-refractivity contribution in [3.8, 4) is 0 Å². The Kier molecular flexibility index (Phi) is 5.72. The highest BCUT2D eigenvalue weighted by Crippen LogP contribution is 2.32. The largest absolute Gasteiger partial charge is 0.462 e. The zero-order chi connectivity index (χ0) is 22.0. The van der Waals surface area contributed by atoms with Gasteiger partial charge >= 0.3 is 0 Å². The van der Waals surface area contributed by atoms with E-state index in [0.29, 0.717) is 28.2 Å². The Bertz CT molecular complexity index is 1120. The second-order valence-electron chi connectivity index (χ2n) is 7.54. The number of hydrogen-bond acceptors (Lipinski definition) is 4. The molecule has 4 rings (SSSR count). The maximum atomic E-state index is 12.8. The third-order valence-electron chi connectivity index (χ3n) is 5.56. The first-order chi connectivity index (χ1) is 15.0. The summed E-state index contributed by atoms with van der Waals surface area (Å²) in [5.41, 5.74) is 3.96. The molecule has 0 saturated carbocycles. The Balaban J connectivity index is 1.62. The molecular weight excluding hydrogens is 386 g/mol. The minimum atomic E-state index is -0.229. The maximum Gasteiger partial charge on any atom is 0.198 e. The van der Waals surface area contributed by atoms with Gasteiger partial charge in [0.05, 0.1) is 5.57 Å². The molecule has 1 aliphatic carbocycles. The number of carbonyl (C=O) groups excluding carboxylic acids is 2. The summed E-state index contributed by atoms with van der Waals surface area (Å²) < 4.78 is 5.81. The Labute approximate surface area is 182 Å². The smallest absolute Gasteiger partial charge is 0.198 e. The highest BCUT2D eigenvalue weighted by molar-refractivity contribution is 6.40. The molecule has 4 nitrogen and oxygen atoms in total. The van der Waals surface area contributed by atoms with Gasteiger partial charge in [-0.05, 0) is 62.3 Å². The maximum absolute atomic E-state index is 12.8. The molecule has 0 N–H and O–H groups in total. The van der Waals surface area contributed by atoms with Crippen LogP contribution in [0.5, 0.6) is 0 Å². The first-order valence-electron chi connectivity index (χ1n) is 10.6. The summed E-state index contributed by atoms with van der Waals surface area (Å²) in [6.07, 6.45) is 7.32. The van der Waals surface area contributed by atoms with E-state index >= 15 is 0 Å². The average Bonchev–Trinajstić information content (AvgIpc) is 3.04. The third-order valence-corrected chi connectivity index (χ3v) is 5.56.